The lowest BCUT2D eigenvalue weighted by molar-refractivity contribution is -0.160. The van der Waals surface area contributed by atoms with Gasteiger partial charge in [0.05, 0.1) is 0 Å². The smallest absolute Gasteiger partial charge is 0.330 e. The molecule has 0 fully saturated rings. The molecule has 36 heavy (non-hydrogen) atoms. The van der Waals surface area contributed by atoms with E-state index in [9.17, 15) is 14.4 Å². The number of carbonyl (C=O) groups excluding carboxylic acids is 3. The molecule has 1 unspecified atom stereocenters. The molecule has 0 amide bonds. The third kappa shape index (κ3) is 10.2. The normalized spacial score (nSPS) is 15.1. The van der Waals surface area contributed by atoms with Crippen LogP contribution in [0.2, 0.25) is 0 Å². The summed E-state index contributed by atoms with van der Waals surface area (Å²) < 4.78 is 15.8. The number of hydrogen-bond donors (Lipinski definition) is 0. The lowest BCUT2D eigenvalue weighted by Gasteiger charge is -2.16. The Kier molecular flexibility index (Phi) is 10.7. The second-order valence-corrected chi connectivity index (χ2v) is 7.88. The average Bonchev–Trinajstić information content (AvgIpc) is 2.92. The van der Waals surface area contributed by atoms with Gasteiger partial charge in [0.25, 0.3) is 0 Å². The van der Waals surface area contributed by atoms with Gasteiger partial charge in [-0.25, -0.2) is 14.4 Å². The van der Waals surface area contributed by atoms with Gasteiger partial charge in [0, 0.05) is 18.2 Å². The minimum Gasteiger partial charge on any atom is -0.458 e. The Morgan fingerprint density at radius 2 is 1.31 bits per heavy atom. The number of esters is 3. The first-order valence-corrected chi connectivity index (χ1v) is 11.6. The highest BCUT2D eigenvalue weighted by molar-refractivity contribution is 5.87. The van der Waals surface area contributed by atoms with Crippen molar-refractivity contribution >= 4 is 30.1 Å². The van der Waals surface area contributed by atoms with Gasteiger partial charge in [-0.1, -0.05) is 91.0 Å². The molecule has 0 heterocycles. The molecule has 0 saturated carbocycles. The third-order valence-corrected chi connectivity index (χ3v) is 5.02. The van der Waals surface area contributed by atoms with Gasteiger partial charge in [0.1, 0.15) is 13.2 Å². The van der Waals surface area contributed by atoms with E-state index < -0.39 is 24.0 Å². The lowest BCUT2D eigenvalue weighted by atomic mass is 10.0. The quantitative estimate of drug-likeness (QED) is 0.251. The molecule has 1 aliphatic rings. The maximum Gasteiger partial charge on any atom is 0.330 e. The summed E-state index contributed by atoms with van der Waals surface area (Å²) in [6.07, 6.45) is 16.5. The van der Waals surface area contributed by atoms with E-state index in [4.69, 9.17) is 14.2 Å². The predicted octanol–water partition coefficient (Wildman–Crippen LogP) is 5.10. The topological polar surface area (TPSA) is 78.9 Å². The van der Waals surface area contributed by atoms with Crippen molar-refractivity contribution in [2.45, 2.75) is 12.5 Å². The lowest BCUT2D eigenvalue weighted by Crippen LogP contribution is -2.30. The van der Waals surface area contributed by atoms with Crippen LogP contribution in [0.4, 0.5) is 0 Å². The van der Waals surface area contributed by atoms with Crippen LogP contribution < -0.4 is 0 Å². The fourth-order valence-corrected chi connectivity index (χ4v) is 3.17. The molecule has 1 atom stereocenters. The van der Waals surface area contributed by atoms with E-state index >= 15 is 0 Å². The third-order valence-electron chi connectivity index (χ3n) is 5.02. The molecule has 0 spiro atoms. The van der Waals surface area contributed by atoms with Crippen LogP contribution in [-0.2, 0) is 28.6 Å². The number of allylic oxidation sites excluding steroid dienone is 5. The van der Waals surface area contributed by atoms with Crippen LogP contribution in [0.15, 0.2) is 109 Å². The summed E-state index contributed by atoms with van der Waals surface area (Å²) in [6, 6.07) is 18.6. The van der Waals surface area contributed by atoms with Crippen molar-refractivity contribution < 1.29 is 28.6 Å². The molecule has 0 aliphatic heterocycles. The van der Waals surface area contributed by atoms with Crippen molar-refractivity contribution in [1.29, 1.82) is 0 Å². The summed E-state index contributed by atoms with van der Waals surface area (Å²) in [5.74, 6) is -1.73. The van der Waals surface area contributed by atoms with Gasteiger partial charge in [0.2, 0.25) is 0 Å². The Labute approximate surface area is 210 Å². The summed E-state index contributed by atoms with van der Waals surface area (Å²) in [6.45, 7) is -0.529. The van der Waals surface area contributed by atoms with Gasteiger partial charge in [0.15, 0.2) is 6.10 Å². The highest BCUT2D eigenvalue weighted by Crippen LogP contribution is 2.13. The van der Waals surface area contributed by atoms with Gasteiger partial charge in [-0.2, -0.15) is 0 Å². The first-order valence-electron chi connectivity index (χ1n) is 11.6. The zero-order chi connectivity index (χ0) is 25.4. The number of benzene rings is 2. The number of rotatable bonds is 11. The Hall–Kier alpha value is -4.45. The second kappa shape index (κ2) is 14.7. The van der Waals surface area contributed by atoms with Crippen molar-refractivity contribution in [3.05, 3.63) is 120 Å². The highest BCUT2D eigenvalue weighted by atomic mass is 16.6. The maximum absolute atomic E-state index is 12.3. The fraction of sp³-hybridized carbons (Fsp3) is 0.167. The van der Waals surface area contributed by atoms with Crippen molar-refractivity contribution in [1.82, 2.24) is 0 Å². The zero-order valence-electron chi connectivity index (χ0n) is 19.8. The maximum atomic E-state index is 12.3. The Balaban J connectivity index is 1.54. The monoisotopic (exact) mass is 484 g/mol. The van der Waals surface area contributed by atoms with Gasteiger partial charge >= 0.3 is 17.9 Å². The first kappa shape index (κ1) is 26.2. The molecule has 6 nitrogen and oxygen atoms in total. The molecule has 0 radical (unpaired) electrons. The van der Waals surface area contributed by atoms with Crippen LogP contribution >= 0.6 is 0 Å². The Morgan fingerprint density at radius 1 is 0.750 bits per heavy atom. The predicted molar refractivity (Wildman–Crippen MR) is 138 cm³/mol. The van der Waals surface area contributed by atoms with Crippen molar-refractivity contribution in [2.75, 3.05) is 13.2 Å². The summed E-state index contributed by atoms with van der Waals surface area (Å²) in [4.78, 5) is 36.6. The molecule has 184 valence electrons. The van der Waals surface area contributed by atoms with Gasteiger partial charge in [-0.05, 0) is 35.6 Å². The zero-order valence-corrected chi connectivity index (χ0v) is 19.8. The highest BCUT2D eigenvalue weighted by Gasteiger charge is 2.18. The summed E-state index contributed by atoms with van der Waals surface area (Å²) in [5.41, 5.74) is 1.68. The molecule has 3 rings (SSSR count). The molecular formula is C30H28O6. The largest absolute Gasteiger partial charge is 0.458 e. The number of carbonyl (C=O) groups is 3. The average molecular weight is 485 g/mol. The van der Waals surface area contributed by atoms with Crippen LogP contribution in [0, 0.1) is 5.92 Å². The SMILES string of the molecule is O=C(/C=C/c1ccccc1)OCC(COC(=O)/C=C/c1ccccc1)OC(=O)/C=C/C1C=CC=CC1. The molecule has 0 N–H and O–H groups in total. The second-order valence-electron chi connectivity index (χ2n) is 7.88. The molecule has 0 saturated heterocycles. The minimum absolute atomic E-state index is 0.0999. The summed E-state index contributed by atoms with van der Waals surface area (Å²) in [7, 11) is 0. The standard InChI is InChI=1S/C30H28O6/c31-28(19-16-24-10-4-1-5-11-24)34-22-27(36-30(33)21-18-26-14-8-3-9-15-26)23-35-29(32)20-17-25-12-6-2-7-13-25/h1-14,16-21,26-27H,15,22-23H2/b19-16+,20-17+,21-18+. The molecule has 2 aromatic carbocycles. The summed E-state index contributed by atoms with van der Waals surface area (Å²) >= 11 is 0. The fourth-order valence-electron chi connectivity index (χ4n) is 3.17. The van der Waals surface area contributed by atoms with E-state index in [1.165, 1.54) is 18.2 Å². The van der Waals surface area contributed by atoms with Crippen molar-refractivity contribution in [2.24, 2.45) is 5.92 Å². The Morgan fingerprint density at radius 3 is 1.81 bits per heavy atom. The number of ether oxygens (including phenoxy) is 3. The van der Waals surface area contributed by atoms with Crippen LogP contribution in [0.1, 0.15) is 17.5 Å². The van der Waals surface area contributed by atoms with E-state index in [0.717, 1.165) is 17.5 Å². The number of hydrogen-bond acceptors (Lipinski definition) is 6. The molecule has 1 aliphatic carbocycles. The van der Waals surface area contributed by atoms with Crippen molar-refractivity contribution in [3.63, 3.8) is 0 Å². The van der Waals surface area contributed by atoms with Gasteiger partial charge in [-0.3, -0.25) is 0 Å². The molecular weight excluding hydrogens is 456 g/mol. The van der Waals surface area contributed by atoms with E-state index in [1.807, 2.05) is 85.0 Å². The van der Waals surface area contributed by atoms with E-state index in [2.05, 4.69) is 0 Å². The van der Waals surface area contributed by atoms with Gasteiger partial charge in [-0.15, -0.1) is 0 Å². The van der Waals surface area contributed by atoms with Crippen LogP contribution in [-0.4, -0.2) is 37.2 Å². The van der Waals surface area contributed by atoms with E-state index in [-0.39, 0.29) is 19.1 Å². The Bertz CT molecular complexity index is 1080. The van der Waals surface area contributed by atoms with Crippen LogP contribution in [0.25, 0.3) is 12.2 Å². The minimum atomic E-state index is -0.966. The van der Waals surface area contributed by atoms with Crippen LogP contribution in [0.5, 0.6) is 0 Å². The van der Waals surface area contributed by atoms with E-state index in [1.54, 1.807) is 18.2 Å². The summed E-state index contributed by atoms with van der Waals surface area (Å²) in [5, 5.41) is 0. The molecule has 6 heteroatoms. The molecule has 2 aromatic rings. The van der Waals surface area contributed by atoms with Gasteiger partial charge < -0.3 is 14.2 Å². The molecule has 0 bridgehead atoms. The van der Waals surface area contributed by atoms with Crippen molar-refractivity contribution in [3.8, 4) is 0 Å². The van der Waals surface area contributed by atoms with Crippen LogP contribution in [0.3, 0.4) is 0 Å². The first-order chi connectivity index (χ1) is 17.6. The molecule has 0 aromatic heterocycles. The van der Waals surface area contributed by atoms with E-state index in [0.29, 0.717) is 0 Å².